The van der Waals surface area contributed by atoms with Crippen LogP contribution in [-0.2, 0) is 0 Å². The third-order valence-electron chi connectivity index (χ3n) is 1.62. The van der Waals surface area contributed by atoms with E-state index in [1.54, 1.807) is 11.1 Å². The maximum atomic E-state index is 5.70. The Kier molecular flexibility index (Phi) is 2.08. The van der Waals surface area contributed by atoms with Crippen LogP contribution in [0.1, 0.15) is 0 Å². The van der Waals surface area contributed by atoms with E-state index in [0.29, 0.717) is 11.9 Å². The molecule has 7 heteroatoms. The van der Waals surface area contributed by atoms with Crippen LogP contribution < -0.4 is 10.6 Å². The maximum absolute atomic E-state index is 5.70. The molecule has 2 rings (SSSR count). The topological polar surface area (TPSA) is 72.9 Å². The molecule has 0 fully saturated rings. The van der Waals surface area contributed by atoms with Crippen LogP contribution in [0.3, 0.4) is 0 Å². The fraction of sp³-hybridized carbons (Fsp3) is 0.286. The molecular weight excluding hydrogens is 200 g/mol. The summed E-state index contributed by atoms with van der Waals surface area (Å²) in [5.41, 5.74) is 5.70. The van der Waals surface area contributed by atoms with E-state index in [-0.39, 0.29) is 0 Å². The number of aromatic nitrogens is 4. The summed E-state index contributed by atoms with van der Waals surface area (Å²) < 4.78 is 1.53. The van der Waals surface area contributed by atoms with Crippen LogP contribution in [0.5, 0.6) is 0 Å². The van der Waals surface area contributed by atoms with Gasteiger partial charge in [-0.05, 0) is 0 Å². The lowest BCUT2D eigenvalue weighted by Crippen LogP contribution is -2.10. The molecule has 6 nitrogen and oxygen atoms in total. The molecule has 14 heavy (non-hydrogen) atoms. The molecule has 0 saturated carbocycles. The molecule has 0 aliphatic heterocycles. The normalized spacial score (nSPS) is 10.4. The van der Waals surface area contributed by atoms with Gasteiger partial charge in [0.15, 0.2) is 0 Å². The predicted molar refractivity (Wildman–Crippen MR) is 55.8 cm³/mol. The van der Waals surface area contributed by atoms with Crippen LogP contribution in [0.25, 0.3) is 5.13 Å². The fourth-order valence-corrected chi connectivity index (χ4v) is 1.56. The minimum absolute atomic E-state index is 0.351. The number of nitrogens with two attached hydrogens (primary N) is 1. The second-order valence-corrected chi connectivity index (χ2v) is 3.76. The third kappa shape index (κ3) is 1.41. The van der Waals surface area contributed by atoms with E-state index < -0.39 is 0 Å². The third-order valence-corrected chi connectivity index (χ3v) is 2.37. The van der Waals surface area contributed by atoms with Gasteiger partial charge in [-0.3, -0.25) is 0 Å². The molecule has 0 aliphatic carbocycles. The van der Waals surface area contributed by atoms with Crippen LogP contribution in [0.4, 0.5) is 11.9 Å². The van der Waals surface area contributed by atoms with Gasteiger partial charge < -0.3 is 10.6 Å². The van der Waals surface area contributed by atoms with Gasteiger partial charge in [-0.25, -0.2) is 4.98 Å². The molecule has 0 atom stereocenters. The average molecular weight is 210 g/mol. The van der Waals surface area contributed by atoms with E-state index in [4.69, 9.17) is 5.73 Å². The van der Waals surface area contributed by atoms with E-state index >= 15 is 0 Å². The molecular formula is C7H10N6S. The maximum Gasteiger partial charge on any atom is 0.246 e. The molecule has 0 aromatic carbocycles. The second-order valence-electron chi connectivity index (χ2n) is 2.89. The summed E-state index contributed by atoms with van der Waals surface area (Å²) in [4.78, 5) is 9.98. The zero-order chi connectivity index (χ0) is 10.1. The van der Waals surface area contributed by atoms with Crippen LogP contribution in [-0.4, -0.2) is 33.8 Å². The van der Waals surface area contributed by atoms with Crippen molar-refractivity contribution < 1.29 is 0 Å². The molecule has 0 amide bonds. The van der Waals surface area contributed by atoms with Gasteiger partial charge in [-0.2, -0.15) is 9.67 Å². The molecule has 74 valence electrons. The van der Waals surface area contributed by atoms with Gasteiger partial charge in [-0.1, -0.05) is 0 Å². The number of nitrogens with zero attached hydrogens (tertiary/aromatic N) is 5. The van der Waals surface area contributed by atoms with Crippen molar-refractivity contribution in [1.82, 2.24) is 19.7 Å². The molecule has 0 spiro atoms. The first kappa shape index (κ1) is 8.95. The highest BCUT2D eigenvalue weighted by Gasteiger charge is 2.11. The van der Waals surface area contributed by atoms with Gasteiger partial charge in [-0.15, -0.1) is 16.4 Å². The van der Waals surface area contributed by atoms with Crippen molar-refractivity contribution in [2.24, 2.45) is 0 Å². The SMILES string of the molecule is CN(C)c1nc(N)n(-c2nccs2)n1. The second kappa shape index (κ2) is 3.26. The Morgan fingerprint density at radius 2 is 2.29 bits per heavy atom. The van der Waals surface area contributed by atoms with Gasteiger partial charge in [0.25, 0.3) is 0 Å². The Hall–Kier alpha value is -1.63. The molecule has 0 bridgehead atoms. The molecule has 0 saturated heterocycles. The number of thiazole rings is 1. The van der Waals surface area contributed by atoms with Gasteiger partial charge in [0.05, 0.1) is 0 Å². The van der Waals surface area contributed by atoms with Crippen LogP contribution in [0, 0.1) is 0 Å². The summed E-state index contributed by atoms with van der Waals surface area (Å²) in [6.45, 7) is 0. The minimum Gasteiger partial charge on any atom is -0.368 e. The summed E-state index contributed by atoms with van der Waals surface area (Å²) in [5.74, 6) is 0.932. The quantitative estimate of drug-likeness (QED) is 0.775. The van der Waals surface area contributed by atoms with Crippen molar-refractivity contribution in [3.05, 3.63) is 11.6 Å². The fourth-order valence-electron chi connectivity index (χ4n) is 0.964. The van der Waals surface area contributed by atoms with Crippen LogP contribution >= 0.6 is 11.3 Å². The highest BCUT2D eigenvalue weighted by molar-refractivity contribution is 7.12. The standard InChI is InChI=1S/C7H10N6S/c1-12(2)6-10-5(8)13(11-6)7-9-3-4-14-7/h3-4H,1-2H3,(H2,8,10,11). The summed E-state index contributed by atoms with van der Waals surface area (Å²) in [5, 5.41) is 6.80. The summed E-state index contributed by atoms with van der Waals surface area (Å²) in [7, 11) is 3.72. The van der Waals surface area contributed by atoms with E-state index in [1.165, 1.54) is 16.0 Å². The molecule has 2 heterocycles. The van der Waals surface area contributed by atoms with Crippen LogP contribution in [0.15, 0.2) is 11.6 Å². The molecule has 0 radical (unpaired) electrons. The van der Waals surface area contributed by atoms with E-state index in [9.17, 15) is 0 Å². The first-order chi connectivity index (χ1) is 6.68. The van der Waals surface area contributed by atoms with E-state index in [1.807, 2.05) is 19.5 Å². The van der Waals surface area contributed by atoms with Crippen LogP contribution in [0.2, 0.25) is 0 Å². The predicted octanol–water partition coefficient (Wildman–Crippen LogP) is 0.372. The van der Waals surface area contributed by atoms with Crippen molar-refractivity contribution in [2.75, 3.05) is 24.7 Å². The highest BCUT2D eigenvalue weighted by atomic mass is 32.1. The van der Waals surface area contributed by atoms with Gasteiger partial charge in [0.2, 0.25) is 17.0 Å². The number of hydrogen-bond donors (Lipinski definition) is 1. The van der Waals surface area contributed by atoms with Crippen molar-refractivity contribution in [3.63, 3.8) is 0 Å². The van der Waals surface area contributed by atoms with Crippen molar-refractivity contribution in [1.29, 1.82) is 0 Å². The Bertz CT molecular complexity index is 417. The smallest absolute Gasteiger partial charge is 0.246 e. The average Bonchev–Trinajstić information content (AvgIpc) is 2.71. The van der Waals surface area contributed by atoms with Gasteiger partial charge in [0.1, 0.15) is 0 Å². The number of hydrogen-bond acceptors (Lipinski definition) is 6. The Labute approximate surface area is 85.0 Å². The molecule has 2 aromatic heterocycles. The minimum atomic E-state index is 0.351. The Balaban J connectivity index is 2.45. The summed E-state index contributed by atoms with van der Waals surface area (Å²) in [6, 6.07) is 0. The first-order valence-corrected chi connectivity index (χ1v) is 4.86. The molecule has 0 aliphatic rings. The highest BCUT2D eigenvalue weighted by Crippen LogP contribution is 2.16. The van der Waals surface area contributed by atoms with E-state index in [0.717, 1.165) is 5.13 Å². The van der Waals surface area contributed by atoms with Crippen molar-refractivity contribution >= 4 is 23.2 Å². The molecule has 0 unspecified atom stereocenters. The Morgan fingerprint density at radius 3 is 2.79 bits per heavy atom. The lowest BCUT2D eigenvalue weighted by atomic mass is 10.8. The van der Waals surface area contributed by atoms with Gasteiger partial charge in [0, 0.05) is 25.7 Å². The largest absolute Gasteiger partial charge is 0.368 e. The molecule has 2 aromatic rings. The summed E-state index contributed by atoms with van der Waals surface area (Å²) >= 11 is 1.47. The lowest BCUT2D eigenvalue weighted by molar-refractivity contribution is 0.865. The van der Waals surface area contributed by atoms with Crippen molar-refractivity contribution in [2.45, 2.75) is 0 Å². The van der Waals surface area contributed by atoms with Gasteiger partial charge >= 0.3 is 0 Å². The molecule has 2 N–H and O–H groups in total. The lowest BCUT2D eigenvalue weighted by Gasteiger charge is -2.03. The zero-order valence-corrected chi connectivity index (χ0v) is 8.69. The Morgan fingerprint density at radius 1 is 1.50 bits per heavy atom. The number of nitrogen functional groups attached to an aromatic ring is 1. The summed E-state index contributed by atoms with van der Waals surface area (Å²) in [6.07, 6.45) is 1.70. The first-order valence-electron chi connectivity index (χ1n) is 3.98. The zero-order valence-electron chi connectivity index (χ0n) is 7.88. The van der Waals surface area contributed by atoms with E-state index in [2.05, 4.69) is 15.1 Å². The number of rotatable bonds is 2. The number of anilines is 2. The van der Waals surface area contributed by atoms with Crippen molar-refractivity contribution in [3.8, 4) is 5.13 Å². The monoisotopic (exact) mass is 210 g/mol.